The summed E-state index contributed by atoms with van der Waals surface area (Å²) in [7, 11) is -1.65. The molecule has 0 fully saturated rings. The fourth-order valence-electron chi connectivity index (χ4n) is 6.83. The van der Waals surface area contributed by atoms with Crippen LogP contribution in [0.25, 0.3) is 16.8 Å². The Morgan fingerprint density at radius 2 is 0.936 bits per heavy atom. The van der Waals surface area contributed by atoms with Crippen LogP contribution in [0.4, 0.5) is 0 Å². The summed E-state index contributed by atoms with van der Waals surface area (Å²) in [5.41, 5.74) is 5.59. The van der Waals surface area contributed by atoms with Crippen molar-refractivity contribution < 1.29 is 20.4 Å². The Kier molecular flexibility index (Phi) is 9.64. The van der Waals surface area contributed by atoms with E-state index in [4.69, 9.17) is 0 Å². The summed E-state index contributed by atoms with van der Waals surface area (Å²) in [5, 5.41) is 9.54. The van der Waals surface area contributed by atoms with Crippen molar-refractivity contribution in [1.29, 1.82) is 0 Å². The maximum absolute atomic E-state index is 2.46. The first-order valence-electron chi connectivity index (χ1n) is 15.8. The van der Waals surface area contributed by atoms with Crippen molar-refractivity contribution in [2.75, 3.05) is 0 Å². The Morgan fingerprint density at radius 1 is 0.447 bits per heavy atom. The van der Waals surface area contributed by atoms with Gasteiger partial charge in [-0.1, -0.05) is 188 Å². The molecule has 7 aromatic rings. The van der Waals surface area contributed by atoms with Gasteiger partial charge in [-0.3, -0.25) is 0 Å². The quantitative estimate of drug-likeness (QED) is 0.0872. The van der Waals surface area contributed by atoms with Gasteiger partial charge in [-0.05, 0) is 56.7 Å². The fraction of sp³-hybridized carbons (Fsp3) is 0.0227. The van der Waals surface area contributed by atoms with Crippen LogP contribution in [0.5, 0.6) is 0 Å². The molecule has 0 aliphatic heterocycles. The Balaban J connectivity index is 0.00000351. The van der Waals surface area contributed by atoms with Gasteiger partial charge < -0.3 is 0 Å². The molecule has 230 valence electrons. The summed E-state index contributed by atoms with van der Waals surface area (Å²) in [5.74, 6) is 0.0891. The van der Waals surface area contributed by atoms with Crippen molar-refractivity contribution in [1.82, 2.24) is 0 Å². The Hall–Kier alpha value is -4.07. The van der Waals surface area contributed by atoms with Gasteiger partial charge in [0.1, 0.15) is 0 Å². The van der Waals surface area contributed by atoms with Crippen molar-refractivity contribution in [2.45, 2.75) is 5.92 Å². The molecule has 47 heavy (non-hydrogen) atoms. The minimum absolute atomic E-state index is 0. The molecule has 1 aliphatic carbocycles. The molecule has 7 aromatic carbocycles. The van der Waals surface area contributed by atoms with Crippen LogP contribution in [0.3, 0.4) is 0 Å². The molecule has 0 amide bonds. The molecular formula is C44H33P2Pd-. The molecule has 1 atom stereocenters. The van der Waals surface area contributed by atoms with Crippen molar-refractivity contribution in [3.63, 3.8) is 0 Å². The second-order valence-electron chi connectivity index (χ2n) is 11.6. The summed E-state index contributed by atoms with van der Waals surface area (Å²) in [4.78, 5) is 0. The van der Waals surface area contributed by atoms with E-state index in [2.05, 4.69) is 194 Å². The molecule has 0 N–H and O–H groups in total. The van der Waals surface area contributed by atoms with Crippen molar-refractivity contribution in [3.8, 4) is 0 Å². The van der Waals surface area contributed by atoms with Crippen LogP contribution in [0.2, 0.25) is 0 Å². The van der Waals surface area contributed by atoms with E-state index in [0.717, 1.165) is 0 Å². The average Bonchev–Trinajstić information content (AvgIpc) is 3.14. The van der Waals surface area contributed by atoms with Crippen molar-refractivity contribution >= 4 is 59.2 Å². The van der Waals surface area contributed by atoms with Crippen LogP contribution in [0, 0.1) is 5.66 Å². The van der Waals surface area contributed by atoms with E-state index in [0.29, 0.717) is 0 Å². The molecule has 0 saturated carbocycles. The molecule has 0 aromatic heterocycles. The first kappa shape index (κ1) is 31.5. The van der Waals surface area contributed by atoms with Gasteiger partial charge in [0, 0.05) is 20.4 Å². The minimum Gasteiger partial charge on any atom is -0.219 e. The van der Waals surface area contributed by atoms with Gasteiger partial charge in [0.05, 0.1) is 0 Å². The standard InChI is InChI=1S/C44H33P2.Pd/c1-5-19-35(20-6-1)45(36-21-7-2-8-22-36)41-31-29-33-17-13-15-27-39(33)43(41)44-40-28-16-14-18-34(40)30-32-42(44)46(37-23-9-3-10-24-37)38-25-11-4-12-26-38;/h1-32,43H;/q-1;. The third-order valence-electron chi connectivity index (χ3n) is 8.83. The van der Waals surface area contributed by atoms with Gasteiger partial charge >= 0.3 is 0 Å². The van der Waals surface area contributed by atoms with Crippen LogP contribution < -0.4 is 26.5 Å². The smallest absolute Gasteiger partial charge is 0 e. The number of hydrogen-bond acceptors (Lipinski definition) is 0. The van der Waals surface area contributed by atoms with Crippen LogP contribution in [0.15, 0.2) is 188 Å². The van der Waals surface area contributed by atoms with E-state index in [-0.39, 0.29) is 26.3 Å². The number of benzene rings is 7. The summed E-state index contributed by atoms with van der Waals surface area (Å²) in [6.45, 7) is 0. The molecule has 3 heteroatoms. The molecule has 8 rings (SSSR count). The first-order valence-corrected chi connectivity index (χ1v) is 18.5. The largest absolute Gasteiger partial charge is 0.219 e. The number of rotatable bonds is 7. The Morgan fingerprint density at radius 3 is 1.53 bits per heavy atom. The molecule has 0 radical (unpaired) electrons. The van der Waals surface area contributed by atoms with Gasteiger partial charge in [0.2, 0.25) is 0 Å². The van der Waals surface area contributed by atoms with Crippen LogP contribution in [-0.2, 0) is 20.4 Å². The van der Waals surface area contributed by atoms with E-state index in [1.165, 1.54) is 59.6 Å². The summed E-state index contributed by atoms with van der Waals surface area (Å²) in [6.07, 6.45) is 4.81. The van der Waals surface area contributed by atoms with Crippen LogP contribution in [-0.4, -0.2) is 0 Å². The zero-order valence-electron chi connectivity index (χ0n) is 25.8. The summed E-state index contributed by atoms with van der Waals surface area (Å²) in [6, 6.07) is 67.4. The predicted molar refractivity (Wildman–Crippen MR) is 202 cm³/mol. The van der Waals surface area contributed by atoms with Crippen molar-refractivity contribution in [2.24, 2.45) is 0 Å². The minimum atomic E-state index is -0.831. The van der Waals surface area contributed by atoms with Gasteiger partial charge in [-0.25, -0.2) is 12.2 Å². The molecule has 0 saturated heterocycles. The maximum atomic E-state index is 2.46. The molecule has 0 heterocycles. The van der Waals surface area contributed by atoms with Gasteiger partial charge in [0.15, 0.2) is 0 Å². The molecule has 1 aliphatic rings. The van der Waals surface area contributed by atoms with E-state index < -0.39 is 15.8 Å². The summed E-state index contributed by atoms with van der Waals surface area (Å²) >= 11 is 0. The normalized spacial score (nSPS) is 13.8. The number of allylic oxidation sites excluding steroid dienone is 1. The Labute approximate surface area is 294 Å². The Bertz CT molecular complexity index is 2030. The average molecular weight is 730 g/mol. The second-order valence-corrected chi connectivity index (χ2v) is 16.0. The topological polar surface area (TPSA) is 0 Å². The molecule has 0 spiro atoms. The number of hydrogen-bond donors (Lipinski definition) is 0. The first-order chi connectivity index (χ1) is 22.9. The van der Waals surface area contributed by atoms with Gasteiger partial charge in [-0.15, -0.1) is 13.5 Å². The number of fused-ring (bicyclic) bond motifs is 2. The van der Waals surface area contributed by atoms with Gasteiger partial charge in [0.25, 0.3) is 0 Å². The van der Waals surface area contributed by atoms with Gasteiger partial charge in [-0.2, -0.15) is 5.66 Å². The fourth-order valence-corrected chi connectivity index (χ4v) is 11.9. The molecular weight excluding hydrogens is 697 g/mol. The third-order valence-corrected chi connectivity index (χ3v) is 13.9. The second kappa shape index (κ2) is 14.4. The molecule has 0 bridgehead atoms. The maximum Gasteiger partial charge on any atom is 0 e. The predicted octanol–water partition coefficient (Wildman–Crippen LogP) is 9.42. The van der Waals surface area contributed by atoms with Crippen molar-refractivity contribution in [3.05, 3.63) is 210 Å². The molecule has 0 nitrogen and oxygen atoms in total. The van der Waals surface area contributed by atoms with E-state index >= 15 is 0 Å². The van der Waals surface area contributed by atoms with E-state index in [1.807, 2.05) is 0 Å². The van der Waals surface area contributed by atoms with E-state index in [1.54, 1.807) is 0 Å². The zero-order valence-corrected chi connectivity index (χ0v) is 29.1. The monoisotopic (exact) mass is 729 g/mol. The van der Waals surface area contributed by atoms with E-state index in [9.17, 15) is 0 Å². The zero-order chi connectivity index (χ0) is 30.7. The summed E-state index contributed by atoms with van der Waals surface area (Å²) < 4.78 is 0. The molecule has 1 unspecified atom stereocenters. The SMILES string of the molecule is C1=C[C-](P(c2ccccc2)c2ccccc2)C(c2c(P(c3ccccc3)c3ccccc3)ccc3ccccc23)c2ccccc21.[Pd]. The van der Waals surface area contributed by atoms with Crippen LogP contribution in [0.1, 0.15) is 22.6 Å². The van der Waals surface area contributed by atoms with Crippen LogP contribution >= 0.6 is 15.8 Å². The third kappa shape index (κ3) is 6.19.